The third kappa shape index (κ3) is 4.92. The molecular weight excluding hydrogens is 330 g/mol. The minimum Gasteiger partial charge on any atom is -0.392 e. The quantitative estimate of drug-likeness (QED) is 0.633. The number of amides is 1. The van der Waals surface area contributed by atoms with Gasteiger partial charge in [0.1, 0.15) is 17.3 Å². The molecule has 3 heterocycles. The van der Waals surface area contributed by atoms with Crippen LogP contribution in [0.15, 0.2) is 0 Å². The van der Waals surface area contributed by atoms with Gasteiger partial charge < -0.3 is 20.6 Å². The second-order valence-electron chi connectivity index (χ2n) is 7.80. The highest BCUT2D eigenvalue weighted by molar-refractivity contribution is 5.95. The van der Waals surface area contributed by atoms with Crippen molar-refractivity contribution in [2.75, 3.05) is 38.0 Å². The maximum atomic E-state index is 12.2. The van der Waals surface area contributed by atoms with Gasteiger partial charge in [0, 0.05) is 31.6 Å². The highest BCUT2D eigenvalue weighted by Crippen LogP contribution is 2.21. The lowest BCUT2D eigenvalue weighted by Gasteiger charge is -2.30. The molecule has 0 radical (unpaired) electrons. The number of aliphatic hydroxyl groups excluding tert-OH is 1. The molecule has 1 saturated heterocycles. The lowest BCUT2D eigenvalue weighted by molar-refractivity contribution is 0.0706. The first kappa shape index (κ1) is 19.0. The first-order valence-electron chi connectivity index (χ1n) is 9.85. The van der Waals surface area contributed by atoms with Crippen LogP contribution in [0.4, 0.5) is 5.82 Å². The molecule has 7 nitrogen and oxygen atoms in total. The fourth-order valence-corrected chi connectivity index (χ4v) is 3.69. The third-order valence-electron chi connectivity index (χ3n) is 4.94. The van der Waals surface area contributed by atoms with Gasteiger partial charge in [-0.3, -0.25) is 4.79 Å². The molecule has 0 bridgehead atoms. The molecule has 1 fully saturated rings. The number of rotatable bonds is 7. The molecule has 7 heteroatoms. The van der Waals surface area contributed by atoms with E-state index >= 15 is 0 Å². The molecule has 1 unspecified atom stereocenters. The van der Waals surface area contributed by atoms with E-state index < -0.39 is 0 Å². The number of nitrogens with one attached hydrogen (secondary N) is 2. The normalized spacial score (nSPS) is 20.8. The molecule has 2 aliphatic rings. The maximum absolute atomic E-state index is 12.2. The number of hydrogen-bond donors (Lipinski definition) is 3. The van der Waals surface area contributed by atoms with E-state index in [0.29, 0.717) is 18.2 Å². The molecule has 26 heavy (non-hydrogen) atoms. The number of carbonyl (C=O) groups excluding carboxylic acids is 1. The molecular formula is C19H31N5O2. The van der Waals surface area contributed by atoms with Crippen molar-refractivity contribution in [1.29, 1.82) is 0 Å². The standard InChI is InChI=1S/C19H31N5O2/c1-13(2)11-16-22-17-15(6-8-21-19(17)26)18(23-16)20-7-4-10-24-9-3-5-14(25)12-24/h13-14,25H,3-12H2,1-2H3,(H,21,26)(H,20,22,23). The predicted octanol–water partition coefficient (Wildman–Crippen LogP) is 1.22. The molecule has 3 rings (SSSR count). The Morgan fingerprint density at radius 1 is 1.38 bits per heavy atom. The number of nitrogens with zero attached hydrogens (tertiary/aromatic N) is 3. The number of β-amino-alcohol motifs (C(OH)–C–C–N with tert-alkyl or cyclic N) is 1. The molecule has 1 aromatic heterocycles. The van der Waals surface area contributed by atoms with Crippen LogP contribution in [-0.2, 0) is 12.8 Å². The van der Waals surface area contributed by atoms with Crippen molar-refractivity contribution in [3.63, 3.8) is 0 Å². The van der Waals surface area contributed by atoms with E-state index in [9.17, 15) is 9.90 Å². The lowest BCUT2D eigenvalue weighted by atomic mass is 10.0. The number of piperidine rings is 1. The Morgan fingerprint density at radius 2 is 2.23 bits per heavy atom. The third-order valence-corrected chi connectivity index (χ3v) is 4.94. The molecule has 1 atom stereocenters. The van der Waals surface area contributed by atoms with Crippen molar-refractivity contribution in [1.82, 2.24) is 20.2 Å². The Kier molecular flexibility index (Phi) is 6.43. The molecule has 1 aromatic rings. The van der Waals surface area contributed by atoms with Gasteiger partial charge >= 0.3 is 0 Å². The molecule has 0 aliphatic carbocycles. The Labute approximate surface area is 155 Å². The van der Waals surface area contributed by atoms with Crippen molar-refractivity contribution >= 4 is 11.7 Å². The fourth-order valence-electron chi connectivity index (χ4n) is 3.69. The van der Waals surface area contributed by atoms with Crippen LogP contribution < -0.4 is 10.6 Å². The highest BCUT2D eigenvalue weighted by atomic mass is 16.3. The maximum Gasteiger partial charge on any atom is 0.270 e. The van der Waals surface area contributed by atoms with Crippen molar-refractivity contribution in [2.24, 2.45) is 5.92 Å². The van der Waals surface area contributed by atoms with Crippen LogP contribution in [0.25, 0.3) is 0 Å². The van der Waals surface area contributed by atoms with Gasteiger partial charge in [-0.25, -0.2) is 9.97 Å². The number of aliphatic hydroxyl groups is 1. The van der Waals surface area contributed by atoms with Crippen molar-refractivity contribution in [2.45, 2.75) is 52.1 Å². The van der Waals surface area contributed by atoms with Gasteiger partial charge in [-0.15, -0.1) is 0 Å². The first-order valence-corrected chi connectivity index (χ1v) is 9.85. The summed E-state index contributed by atoms with van der Waals surface area (Å²) < 4.78 is 0. The summed E-state index contributed by atoms with van der Waals surface area (Å²) in [6.45, 7) is 8.51. The fraction of sp³-hybridized carbons (Fsp3) is 0.737. The van der Waals surface area contributed by atoms with E-state index in [0.717, 1.165) is 75.5 Å². The highest BCUT2D eigenvalue weighted by Gasteiger charge is 2.24. The summed E-state index contributed by atoms with van der Waals surface area (Å²) in [6.07, 6.45) is 4.33. The predicted molar refractivity (Wildman–Crippen MR) is 101 cm³/mol. The van der Waals surface area contributed by atoms with Gasteiger partial charge in [0.15, 0.2) is 0 Å². The minimum absolute atomic E-state index is 0.0935. The van der Waals surface area contributed by atoms with E-state index in [1.807, 2.05) is 0 Å². The zero-order chi connectivity index (χ0) is 18.5. The average molecular weight is 361 g/mol. The Bertz CT molecular complexity index is 635. The Morgan fingerprint density at radius 3 is 3.00 bits per heavy atom. The van der Waals surface area contributed by atoms with Gasteiger partial charge in [0.05, 0.1) is 6.10 Å². The van der Waals surface area contributed by atoms with Crippen molar-refractivity contribution in [3.8, 4) is 0 Å². The van der Waals surface area contributed by atoms with Crippen LogP contribution in [0, 0.1) is 5.92 Å². The van der Waals surface area contributed by atoms with E-state index in [4.69, 9.17) is 4.98 Å². The number of anilines is 1. The largest absolute Gasteiger partial charge is 0.392 e. The molecule has 0 saturated carbocycles. The molecule has 0 spiro atoms. The molecule has 0 aromatic carbocycles. The molecule has 3 N–H and O–H groups in total. The summed E-state index contributed by atoms with van der Waals surface area (Å²) in [4.78, 5) is 23.7. The van der Waals surface area contributed by atoms with Crippen LogP contribution in [0.2, 0.25) is 0 Å². The van der Waals surface area contributed by atoms with Gasteiger partial charge in [-0.05, 0) is 44.7 Å². The zero-order valence-corrected chi connectivity index (χ0v) is 15.9. The summed E-state index contributed by atoms with van der Waals surface area (Å²) in [5.74, 6) is 1.90. The molecule has 2 aliphatic heterocycles. The summed E-state index contributed by atoms with van der Waals surface area (Å²) in [5.41, 5.74) is 1.47. The second-order valence-corrected chi connectivity index (χ2v) is 7.80. The van der Waals surface area contributed by atoms with Crippen molar-refractivity contribution < 1.29 is 9.90 Å². The van der Waals surface area contributed by atoms with Crippen LogP contribution in [-0.4, -0.2) is 64.7 Å². The summed E-state index contributed by atoms with van der Waals surface area (Å²) in [5, 5.41) is 16.1. The SMILES string of the molecule is CC(C)Cc1nc(NCCCN2CCCC(O)C2)c2c(n1)C(=O)NCC2. The molecule has 1 amide bonds. The van der Waals surface area contributed by atoms with Gasteiger partial charge in [-0.2, -0.15) is 0 Å². The first-order chi connectivity index (χ1) is 12.5. The molecule has 144 valence electrons. The smallest absolute Gasteiger partial charge is 0.270 e. The van der Waals surface area contributed by atoms with Gasteiger partial charge in [0.2, 0.25) is 0 Å². The van der Waals surface area contributed by atoms with Crippen LogP contribution in [0.1, 0.15) is 55.0 Å². The topological polar surface area (TPSA) is 90.4 Å². The number of carbonyl (C=O) groups is 1. The second kappa shape index (κ2) is 8.77. The Balaban J connectivity index is 1.62. The van der Waals surface area contributed by atoms with Crippen molar-refractivity contribution in [3.05, 3.63) is 17.1 Å². The zero-order valence-electron chi connectivity index (χ0n) is 15.9. The van der Waals surface area contributed by atoms with Crippen LogP contribution in [0.5, 0.6) is 0 Å². The Hall–Kier alpha value is -1.73. The van der Waals surface area contributed by atoms with Crippen LogP contribution >= 0.6 is 0 Å². The lowest BCUT2D eigenvalue weighted by Crippen LogP contribution is -2.39. The summed E-state index contributed by atoms with van der Waals surface area (Å²) in [6, 6.07) is 0. The van der Waals surface area contributed by atoms with Crippen LogP contribution in [0.3, 0.4) is 0 Å². The number of fused-ring (bicyclic) bond motifs is 1. The van der Waals surface area contributed by atoms with E-state index in [2.05, 4.69) is 34.4 Å². The van der Waals surface area contributed by atoms with E-state index in [-0.39, 0.29) is 12.0 Å². The van der Waals surface area contributed by atoms with Gasteiger partial charge in [0.25, 0.3) is 5.91 Å². The number of likely N-dealkylation sites (tertiary alicyclic amines) is 1. The van der Waals surface area contributed by atoms with E-state index in [1.54, 1.807) is 0 Å². The summed E-state index contributed by atoms with van der Waals surface area (Å²) >= 11 is 0. The number of hydrogen-bond acceptors (Lipinski definition) is 6. The average Bonchev–Trinajstić information content (AvgIpc) is 2.59. The van der Waals surface area contributed by atoms with Gasteiger partial charge in [-0.1, -0.05) is 13.8 Å². The van der Waals surface area contributed by atoms with E-state index in [1.165, 1.54) is 0 Å². The monoisotopic (exact) mass is 361 g/mol. The number of aromatic nitrogens is 2. The minimum atomic E-state index is -0.178. The summed E-state index contributed by atoms with van der Waals surface area (Å²) in [7, 11) is 0.